The van der Waals surface area contributed by atoms with E-state index in [1.807, 2.05) is 13.0 Å². The standard InChI is InChI=1S/C12H14O3S/c1-3-15-12(14)8-4-5-10-11(7(8)2)9(13)6-16-10/h4-5,9,13H,3,6H2,1-2H3. The highest BCUT2D eigenvalue weighted by Crippen LogP contribution is 2.40. The largest absolute Gasteiger partial charge is 0.462 e. The Labute approximate surface area is 98.8 Å². The Hall–Kier alpha value is -1.00. The molecule has 0 amide bonds. The number of hydrogen-bond donors (Lipinski definition) is 1. The number of ether oxygens (including phenoxy) is 1. The van der Waals surface area contributed by atoms with Crippen molar-refractivity contribution >= 4 is 17.7 Å². The Morgan fingerprint density at radius 3 is 3.06 bits per heavy atom. The highest BCUT2D eigenvalue weighted by Gasteiger charge is 2.26. The summed E-state index contributed by atoms with van der Waals surface area (Å²) >= 11 is 1.62. The molecule has 0 spiro atoms. The van der Waals surface area contributed by atoms with E-state index in [1.165, 1.54) is 0 Å². The van der Waals surface area contributed by atoms with Crippen LogP contribution < -0.4 is 0 Å². The van der Waals surface area contributed by atoms with Crippen LogP contribution in [0.3, 0.4) is 0 Å². The smallest absolute Gasteiger partial charge is 0.338 e. The van der Waals surface area contributed by atoms with Crippen molar-refractivity contribution < 1.29 is 14.6 Å². The molecule has 1 heterocycles. The van der Waals surface area contributed by atoms with Crippen LogP contribution in [-0.4, -0.2) is 23.4 Å². The number of rotatable bonds is 2. The molecule has 1 atom stereocenters. The summed E-state index contributed by atoms with van der Waals surface area (Å²) in [6.45, 7) is 4.01. The molecule has 3 nitrogen and oxygen atoms in total. The van der Waals surface area contributed by atoms with Crippen molar-refractivity contribution in [3.05, 3.63) is 28.8 Å². The van der Waals surface area contributed by atoms with Gasteiger partial charge in [-0.3, -0.25) is 0 Å². The lowest BCUT2D eigenvalue weighted by atomic mass is 9.99. The third kappa shape index (κ3) is 1.83. The second-order valence-electron chi connectivity index (χ2n) is 3.70. The van der Waals surface area contributed by atoms with Crippen molar-refractivity contribution in [1.82, 2.24) is 0 Å². The SMILES string of the molecule is CCOC(=O)c1ccc2c(c1C)C(O)CS2. The summed E-state index contributed by atoms with van der Waals surface area (Å²) in [7, 11) is 0. The topological polar surface area (TPSA) is 46.5 Å². The van der Waals surface area contributed by atoms with Gasteiger partial charge in [0.25, 0.3) is 0 Å². The zero-order chi connectivity index (χ0) is 11.7. The molecule has 0 fully saturated rings. The number of esters is 1. The molecule has 0 aromatic heterocycles. The Morgan fingerprint density at radius 1 is 1.62 bits per heavy atom. The van der Waals surface area contributed by atoms with Gasteiger partial charge < -0.3 is 9.84 Å². The van der Waals surface area contributed by atoms with E-state index in [2.05, 4.69) is 0 Å². The van der Waals surface area contributed by atoms with Gasteiger partial charge in [-0.15, -0.1) is 11.8 Å². The van der Waals surface area contributed by atoms with Crippen LogP contribution in [0.15, 0.2) is 17.0 Å². The van der Waals surface area contributed by atoms with Gasteiger partial charge in [0.2, 0.25) is 0 Å². The van der Waals surface area contributed by atoms with Gasteiger partial charge in [-0.05, 0) is 37.1 Å². The van der Waals surface area contributed by atoms with E-state index in [1.54, 1.807) is 24.8 Å². The highest BCUT2D eigenvalue weighted by atomic mass is 32.2. The van der Waals surface area contributed by atoms with Gasteiger partial charge in [0.15, 0.2) is 0 Å². The summed E-state index contributed by atoms with van der Waals surface area (Å²) in [5, 5.41) is 9.83. The van der Waals surface area contributed by atoms with Crippen LogP contribution in [0.5, 0.6) is 0 Å². The molecule has 2 rings (SSSR count). The van der Waals surface area contributed by atoms with Crippen molar-refractivity contribution in [3.63, 3.8) is 0 Å². The maximum absolute atomic E-state index is 11.7. The molecule has 1 aliphatic rings. The van der Waals surface area contributed by atoms with Crippen molar-refractivity contribution in [2.75, 3.05) is 12.4 Å². The fourth-order valence-electron chi connectivity index (χ4n) is 1.93. The van der Waals surface area contributed by atoms with Gasteiger partial charge in [0.1, 0.15) is 0 Å². The van der Waals surface area contributed by atoms with Gasteiger partial charge in [0.05, 0.1) is 18.3 Å². The van der Waals surface area contributed by atoms with Gasteiger partial charge >= 0.3 is 5.97 Å². The molecule has 86 valence electrons. The first-order chi connectivity index (χ1) is 7.65. The van der Waals surface area contributed by atoms with E-state index in [4.69, 9.17) is 4.74 Å². The van der Waals surface area contributed by atoms with E-state index in [0.717, 1.165) is 16.0 Å². The lowest BCUT2D eigenvalue weighted by Crippen LogP contribution is -2.09. The first-order valence-corrected chi connectivity index (χ1v) is 6.25. The molecule has 0 bridgehead atoms. The number of hydrogen-bond acceptors (Lipinski definition) is 4. The average molecular weight is 238 g/mol. The normalized spacial score (nSPS) is 18.3. The van der Waals surface area contributed by atoms with Crippen LogP contribution in [0, 0.1) is 6.92 Å². The highest BCUT2D eigenvalue weighted by molar-refractivity contribution is 7.99. The molecule has 0 radical (unpaired) electrons. The predicted octanol–water partition coefficient (Wildman–Crippen LogP) is 2.31. The van der Waals surface area contributed by atoms with Crippen LogP contribution in [0.1, 0.15) is 34.5 Å². The van der Waals surface area contributed by atoms with E-state index < -0.39 is 6.10 Å². The molecule has 4 heteroatoms. The number of thioether (sulfide) groups is 1. The molecule has 16 heavy (non-hydrogen) atoms. The molecular weight excluding hydrogens is 224 g/mol. The van der Waals surface area contributed by atoms with Gasteiger partial charge in [0, 0.05) is 10.6 Å². The zero-order valence-electron chi connectivity index (χ0n) is 9.32. The van der Waals surface area contributed by atoms with E-state index >= 15 is 0 Å². The molecule has 1 aliphatic heterocycles. The molecule has 1 unspecified atom stereocenters. The Kier molecular flexibility index (Phi) is 3.21. The van der Waals surface area contributed by atoms with Gasteiger partial charge in [-0.1, -0.05) is 0 Å². The lowest BCUT2D eigenvalue weighted by Gasteiger charge is -2.11. The zero-order valence-corrected chi connectivity index (χ0v) is 10.1. The van der Waals surface area contributed by atoms with Crippen LogP contribution in [0.4, 0.5) is 0 Å². The first kappa shape index (κ1) is 11.5. The summed E-state index contributed by atoms with van der Waals surface area (Å²) in [6, 6.07) is 3.66. The minimum absolute atomic E-state index is 0.313. The van der Waals surface area contributed by atoms with Crippen molar-refractivity contribution in [3.8, 4) is 0 Å². The Morgan fingerprint density at radius 2 is 2.38 bits per heavy atom. The second kappa shape index (κ2) is 4.47. The van der Waals surface area contributed by atoms with E-state index in [-0.39, 0.29) is 5.97 Å². The van der Waals surface area contributed by atoms with Crippen LogP contribution in [-0.2, 0) is 4.74 Å². The monoisotopic (exact) mass is 238 g/mol. The van der Waals surface area contributed by atoms with Crippen molar-refractivity contribution in [2.45, 2.75) is 24.8 Å². The van der Waals surface area contributed by atoms with Crippen molar-refractivity contribution in [1.29, 1.82) is 0 Å². The summed E-state index contributed by atoms with van der Waals surface area (Å²) in [5.74, 6) is 0.356. The molecular formula is C12H14O3S. The van der Waals surface area contributed by atoms with Crippen LogP contribution in [0.2, 0.25) is 0 Å². The average Bonchev–Trinajstić information content (AvgIpc) is 2.62. The van der Waals surface area contributed by atoms with E-state index in [9.17, 15) is 9.90 Å². The fourth-order valence-corrected chi connectivity index (χ4v) is 3.04. The second-order valence-corrected chi connectivity index (χ2v) is 4.76. The van der Waals surface area contributed by atoms with Crippen LogP contribution in [0.25, 0.3) is 0 Å². The third-order valence-electron chi connectivity index (χ3n) is 2.70. The molecule has 0 saturated heterocycles. The number of aliphatic hydroxyl groups is 1. The number of benzene rings is 1. The summed E-state index contributed by atoms with van der Waals surface area (Å²) in [4.78, 5) is 12.7. The van der Waals surface area contributed by atoms with Crippen molar-refractivity contribution in [2.24, 2.45) is 0 Å². The quantitative estimate of drug-likeness (QED) is 0.803. The first-order valence-electron chi connectivity index (χ1n) is 5.26. The molecule has 0 saturated carbocycles. The van der Waals surface area contributed by atoms with Gasteiger partial charge in [-0.2, -0.15) is 0 Å². The third-order valence-corrected chi connectivity index (χ3v) is 3.85. The Bertz CT molecular complexity index is 429. The lowest BCUT2D eigenvalue weighted by molar-refractivity contribution is 0.0525. The maximum Gasteiger partial charge on any atom is 0.338 e. The number of carbonyl (C=O) groups excluding carboxylic acids is 1. The molecule has 1 aromatic rings. The minimum atomic E-state index is -0.464. The van der Waals surface area contributed by atoms with Gasteiger partial charge in [-0.25, -0.2) is 4.79 Å². The number of carbonyl (C=O) groups is 1. The minimum Gasteiger partial charge on any atom is -0.462 e. The molecule has 1 N–H and O–H groups in total. The Balaban J connectivity index is 2.43. The maximum atomic E-state index is 11.7. The number of fused-ring (bicyclic) bond motifs is 1. The van der Waals surface area contributed by atoms with E-state index in [0.29, 0.717) is 17.9 Å². The number of aliphatic hydroxyl groups excluding tert-OH is 1. The summed E-state index contributed by atoms with van der Waals surface area (Å²) in [5.41, 5.74) is 2.28. The molecule has 1 aromatic carbocycles. The molecule has 0 aliphatic carbocycles. The fraction of sp³-hybridized carbons (Fsp3) is 0.417. The van der Waals surface area contributed by atoms with Crippen LogP contribution >= 0.6 is 11.8 Å². The summed E-state index contributed by atoms with van der Waals surface area (Å²) < 4.78 is 4.98. The summed E-state index contributed by atoms with van der Waals surface area (Å²) in [6.07, 6.45) is -0.464. The predicted molar refractivity (Wildman–Crippen MR) is 62.8 cm³/mol.